The smallest absolute Gasteiger partial charge is 0.261 e. The number of carbonyl (C=O) groups is 2. The Hall–Kier alpha value is -2.82. The molecule has 2 unspecified atom stereocenters. The fourth-order valence-corrected chi connectivity index (χ4v) is 3.55. The van der Waals surface area contributed by atoms with E-state index in [4.69, 9.17) is 4.74 Å². The van der Waals surface area contributed by atoms with Gasteiger partial charge in [-0.3, -0.25) is 9.59 Å². The zero-order valence-corrected chi connectivity index (χ0v) is 19.7. The molecule has 0 aliphatic carbocycles. The van der Waals surface area contributed by atoms with Gasteiger partial charge in [-0.1, -0.05) is 61.4 Å². The first-order valence-corrected chi connectivity index (χ1v) is 11.1. The van der Waals surface area contributed by atoms with E-state index in [0.717, 1.165) is 28.7 Å². The summed E-state index contributed by atoms with van der Waals surface area (Å²) in [4.78, 5) is 27.9. The van der Waals surface area contributed by atoms with E-state index in [0.29, 0.717) is 18.7 Å². The van der Waals surface area contributed by atoms with Crippen molar-refractivity contribution in [2.24, 2.45) is 0 Å². The second kappa shape index (κ2) is 11.5. The Morgan fingerprint density at radius 1 is 1.00 bits per heavy atom. The lowest BCUT2D eigenvalue weighted by atomic mass is 10.1. The first-order chi connectivity index (χ1) is 14.7. The summed E-state index contributed by atoms with van der Waals surface area (Å²) in [5.74, 6) is 0.364. The molecule has 0 aliphatic heterocycles. The maximum absolute atomic E-state index is 13.3. The van der Waals surface area contributed by atoms with Crippen LogP contribution in [-0.4, -0.2) is 35.4 Å². The van der Waals surface area contributed by atoms with Crippen LogP contribution in [0.3, 0.4) is 0 Å². The van der Waals surface area contributed by atoms with Crippen molar-refractivity contribution in [2.45, 2.75) is 73.0 Å². The van der Waals surface area contributed by atoms with Gasteiger partial charge in [-0.25, -0.2) is 0 Å². The van der Waals surface area contributed by atoms with Crippen molar-refractivity contribution in [3.63, 3.8) is 0 Å². The molecule has 2 aromatic rings. The van der Waals surface area contributed by atoms with Gasteiger partial charge in [0, 0.05) is 12.6 Å². The Labute approximate surface area is 186 Å². The van der Waals surface area contributed by atoms with Gasteiger partial charge in [0.15, 0.2) is 6.61 Å². The molecule has 1 N–H and O–H groups in total. The van der Waals surface area contributed by atoms with Gasteiger partial charge in [0.1, 0.15) is 11.8 Å². The molecule has 2 rings (SSSR count). The number of aryl methyl sites for hydroxylation is 3. The third-order valence-electron chi connectivity index (χ3n) is 5.50. The lowest BCUT2D eigenvalue weighted by Gasteiger charge is -2.31. The van der Waals surface area contributed by atoms with Gasteiger partial charge < -0.3 is 15.0 Å². The van der Waals surface area contributed by atoms with Crippen LogP contribution in [0, 0.1) is 20.8 Å². The number of hydrogen-bond acceptors (Lipinski definition) is 3. The predicted molar refractivity (Wildman–Crippen MR) is 125 cm³/mol. The number of hydrogen-bond donors (Lipinski definition) is 1. The zero-order chi connectivity index (χ0) is 23.0. The van der Waals surface area contributed by atoms with E-state index in [9.17, 15) is 9.59 Å². The molecule has 0 heterocycles. The Balaban J connectivity index is 2.23. The van der Waals surface area contributed by atoms with Crippen LogP contribution in [0.25, 0.3) is 0 Å². The quantitative estimate of drug-likeness (QED) is 0.601. The molecule has 0 bridgehead atoms. The summed E-state index contributed by atoms with van der Waals surface area (Å²) in [6, 6.07) is 13.4. The third-order valence-corrected chi connectivity index (χ3v) is 5.50. The molecule has 5 heteroatoms. The minimum Gasteiger partial charge on any atom is -0.483 e. The van der Waals surface area contributed by atoms with Crippen LogP contribution in [0.2, 0.25) is 0 Å². The van der Waals surface area contributed by atoms with Gasteiger partial charge in [-0.2, -0.15) is 0 Å². The molecular weight excluding hydrogens is 388 g/mol. The van der Waals surface area contributed by atoms with E-state index in [2.05, 4.69) is 5.32 Å². The molecule has 0 fully saturated rings. The predicted octanol–water partition coefficient (Wildman–Crippen LogP) is 4.71. The monoisotopic (exact) mass is 424 g/mol. The molecule has 2 amide bonds. The second-order valence-electron chi connectivity index (χ2n) is 8.31. The van der Waals surface area contributed by atoms with E-state index in [-0.39, 0.29) is 24.5 Å². The Morgan fingerprint density at radius 3 is 2.32 bits per heavy atom. The van der Waals surface area contributed by atoms with Crippen molar-refractivity contribution in [3.8, 4) is 5.75 Å². The molecular formula is C26H36N2O3. The van der Waals surface area contributed by atoms with E-state index >= 15 is 0 Å². The number of benzene rings is 2. The fourth-order valence-electron chi connectivity index (χ4n) is 3.55. The van der Waals surface area contributed by atoms with Gasteiger partial charge in [-0.15, -0.1) is 0 Å². The molecule has 0 aromatic heterocycles. The van der Waals surface area contributed by atoms with Crippen molar-refractivity contribution >= 4 is 11.8 Å². The first-order valence-electron chi connectivity index (χ1n) is 11.1. The topological polar surface area (TPSA) is 58.6 Å². The zero-order valence-electron chi connectivity index (χ0n) is 19.7. The Bertz CT molecular complexity index is 894. The van der Waals surface area contributed by atoms with Crippen molar-refractivity contribution in [3.05, 3.63) is 64.7 Å². The van der Waals surface area contributed by atoms with Crippen LogP contribution in [0.15, 0.2) is 42.5 Å². The van der Waals surface area contributed by atoms with Crippen LogP contribution in [0.5, 0.6) is 5.75 Å². The maximum Gasteiger partial charge on any atom is 0.261 e. The molecule has 168 valence electrons. The Kier molecular flexibility index (Phi) is 9.10. The highest BCUT2D eigenvalue weighted by atomic mass is 16.5. The van der Waals surface area contributed by atoms with E-state index in [1.165, 1.54) is 0 Å². The molecule has 0 saturated carbocycles. The summed E-state index contributed by atoms with van der Waals surface area (Å²) in [5.41, 5.74) is 4.24. The summed E-state index contributed by atoms with van der Waals surface area (Å²) in [6.07, 6.45) is 1.37. The van der Waals surface area contributed by atoms with Crippen molar-refractivity contribution < 1.29 is 14.3 Å². The first kappa shape index (κ1) is 24.4. The van der Waals surface area contributed by atoms with Gasteiger partial charge in [0.2, 0.25) is 5.91 Å². The standard InChI is InChI=1S/C26H36N2O3/c1-7-21(6)27-26(30)23(8-2)28(16-22-11-9-10-18(3)15-22)25(29)17-31-24-13-12-19(4)14-20(24)5/h9-15,21,23H,7-8,16-17H2,1-6H3,(H,27,30). The molecule has 0 radical (unpaired) electrons. The van der Waals surface area contributed by atoms with Gasteiger partial charge in [0.05, 0.1) is 0 Å². The number of amides is 2. The Morgan fingerprint density at radius 2 is 1.71 bits per heavy atom. The van der Waals surface area contributed by atoms with Gasteiger partial charge in [0.25, 0.3) is 5.91 Å². The summed E-state index contributed by atoms with van der Waals surface area (Å²) < 4.78 is 5.85. The van der Waals surface area contributed by atoms with E-state index in [1.54, 1.807) is 4.90 Å². The third kappa shape index (κ3) is 7.12. The van der Waals surface area contributed by atoms with Crippen molar-refractivity contribution in [1.29, 1.82) is 0 Å². The van der Waals surface area contributed by atoms with Crippen LogP contribution in [0.1, 0.15) is 55.9 Å². The largest absolute Gasteiger partial charge is 0.483 e. The lowest BCUT2D eigenvalue weighted by molar-refractivity contribution is -0.143. The fraction of sp³-hybridized carbons (Fsp3) is 0.462. The highest BCUT2D eigenvalue weighted by Crippen LogP contribution is 2.20. The molecule has 31 heavy (non-hydrogen) atoms. The summed E-state index contributed by atoms with van der Waals surface area (Å²) in [6.45, 7) is 12.2. The van der Waals surface area contributed by atoms with Gasteiger partial charge in [-0.05, 0) is 57.7 Å². The number of rotatable bonds is 10. The average molecular weight is 425 g/mol. The number of nitrogens with zero attached hydrogens (tertiary/aromatic N) is 1. The summed E-state index contributed by atoms with van der Waals surface area (Å²) in [7, 11) is 0. The number of nitrogens with one attached hydrogen (secondary N) is 1. The van der Waals surface area contributed by atoms with E-state index in [1.807, 2.05) is 84.0 Å². The minimum atomic E-state index is -0.551. The second-order valence-corrected chi connectivity index (χ2v) is 8.31. The summed E-state index contributed by atoms with van der Waals surface area (Å²) >= 11 is 0. The van der Waals surface area contributed by atoms with Crippen LogP contribution >= 0.6 is 0 Å². The molecule has 0 spiro atoms. The van der Waals surface area contributed by atoms with Crippen LogP contribution in [-0.2, 0) is 16.1 Å². The molecule has 2 aromatic carbocycles. The summed E-state index contributed by atoms with van der Waals surface area (Å²) in [5, 5.41) is 3.03. The van der Waals surface area contributed by atoms with Crippen LogP contribution < -0.4 is 10.1 Å². The van der Waals surface area contributed by atoms with Crippen molar-refractivity contribution in [1.82, 2.24) is 10.2 Å². The average Bonchev–Trinajstić information content (AvgIpc) is 2.72. The minimum absolute atomic E-state index is 0.0592. The normalized spacial score (nSPS) is 12.7. The number of carbonyl (C=O) groups excluding carboxylic acids is 2. The molecule has 0 saturated heterocycles. The van der Waals surface area contributed by atoms with Crippen LogP contribution in [0.4, 0.5) is 0 Å². The molecule has 0 aliphatic rings. The SMILES string of the molecule is CCC(C)NC(=O)C(CC)N(Cc1cccc(C)c1)C(=O)COc1ccc(C)cc1C. The highest BCUT2D eigenvalue weighted by Gasteiger charge is 2.29. The molecule has 2 atom stereocenters. The lowest BCUT2D eigenvalue weighted by Crippen LogP contribution is -2.51. The molecule has 5 nitrogen and oxygen atoms in total. The number of ether oxygens (including phenoxy) is 1. The van der Waals surface area contributed by atoms with Gasteiger partial charge >= 0.3 is 0 Å². The highest BCUT2D eigenvalue weighted by molar-refractivity contribution is 5.88. The maximum atomic E-state index is 13.3. The van der Waals surface area contributed by atoms with E-state index < -0.39 is 6.04 Å². The van der Waals surface area contributed by atoms with Crippen molar-refractivity contribution in [2.75, 3.05) is 6.61 Å².